The second kappa shape index (κ2) is 9.24. The van der Waals surface area contributed by atoms with Crippen LogP contribution in [-0.4, -0.2) is 28.9 Å². The molecule has 182 valence electrons. The van der Waals surface area contributed by atoms with Gasteiger partial charge in [-0.3, -0.25) is 14.5 Å². The number of carbonyl (C=O) groups excluding carboxylic acids is 2. The predicted octanol–water partition coefficient (Wildman–Crippen LogP) is 6.36. The maximum absolute atomic E-state index is 13.4. The number of ether oxygens (including phenoxy) is 1. The molecule has 3 aromatic carbocycles. The Balaban J connectivity index is 1.70. The van der Waals surface area contributed by atoms with E-state index in [1.807, 2.05) is 49.4 Å². The molecule has 1 saturated heterocycles. The first-order valence-corrected chi connectivity index (χ1v) is 12.5. The Kier molecular flexibility index (Phi) is 6.10. The summed E-state index contributed by atoms with van der Waals surface area (Å²) in [5.74, 6) is -0.723. The molecule has 1 N–H and O–H groups in total. The van der Waals surface area contributed by atoms with Crippen molar-refractivity contribution >= 4 is 44.1 Å². The van der Waals surface area contributed by atoms with E-state index < -0.39 is 17.7 Å². The van der Waals surface area contributed by atoms with E-state index in [2.05, 4.69) is 18.8 Å². The zero-order chi connectivity index (χ0) is 25.6. The average Bonchev–Trinajstić information content (AvgIpc) is 3.41. The van der Waals surface area contributed by atoms with Crippen LogP contribution in [0.4, 0.5) is 5.13 Å². The van der Waals surface area contributed by atoms with Crippen molar-refractivity contribution in [2.75, 3.05) is 12.0 Å². The van der Waals surface area contributed by atoms with E-state index in [4.69, 9.17) is 4.74 Å². The molecule has 6 nitrogen and oxygen atoms in total. The van der Waals surface area contributed by atoms with Gasteiger partial charge in [-0.15, -0.1) is 0 Å². The quantitative estimate of drug-likeness (QED) is 0.197. The van der Waals surface area contributed by atoms with E-state index in [1.54, 1.807) is 31.4 Å². The Morgan fingerprint density at radius 1 is 1.03 bits per heavy atom. The lowest BCUT2D eigenvalue weighted by molar-refractivity contribution is -0.132. The SMILES string of the molecule is COc1ccc(C(O)=C2C(=O)C(=O)N(c3nc4ccc(C)cc4s3)[C@@H]2c2ccc(C(C)C)cc2)cc1. The van der Waals surface area contributed by atoms with Crippen LogP contribution in [0.15, 0.2) is 72.3 Å². The normalized spacial score (nSPS) is 17.4. The standard InChI is InChI=1S/C29H26N2O4S/c1-16(2)18-6-8-19(9-7-18)25-24(26(32)20-10-12-21(35-4)13-11-20)27(33)28(34)31(25)29-30-22-14-5-17(3)15-23(22)36-29/h5-16,25,32H,1-4H3/t25-/m1/s1. The summed E-state index contributed by atoms with van der Waals surface area (Å²) in [6.45, 7) is 6.21. The van der Waals surface area contributed by atoms with Crippen LogP contribution in [0, 0.1) is 6.92 Å². The van der Waals surface area contributed by atoms with Gasteiger partial charge in [0.25, 0.3) is 5.78 Å². The van der Waals surface area contributed by atoms with E-state index in [0.717, 1.165) is 26.9 Å². The van der Waals surface area contributed by atoms with Gasteiger partial charge < -0.3 is 9.84 Å². The van der Waals surface area contributed by atoms with Crippen LogP contribution in [-0.2, 0) is 9.59 Å². The minimum Gasteiger partial charge on any atom is -0.507 e. The van der Waals surface area contributed by atoms with Gasteiger partial charge >= 0.3 is 5.91 Å². The highest BCUT2D eigenvalue weighted by molar-refractivity contribution is 7.22. The number of aryl methyl sites for hydroxylation is 1. The molecule has 5 rings (SSSR count). The fraction of sp³-hybridized carbons (Fsp3) is 0.207. The molecule has 4 aromatic rings. The fourth-order valence-electron chi connectivity index (χ4n) is 4.44. The molecule has 1 aliphatic heterocycles. The number of carbonyl (C=O) groups is 2. The third-order valence-electron chi connectivity index (χ3n) is 6.47. The Morgan fingerprint density at radius 3 is 2.36 bits per heavy atom. The molecule has 0 radical (unpaired) electrons. The highest BCUT2D eigenvalue weighted by Gasteiger charge is 2.48. The second-order valence-electron chi connectivity index (χ2n) is 9.19. The van der Waals surface area contributed by atoms with Crippen molar-refractivity contribution in [1.29, 1.82) is 0 Å². The Labute approximate surface area is 213 Å². The third-order valence-corrected chi connectivity index (χ3v) is 7.48. The molecule has 0 aliphatic carbocycles. The number of aliphatic hydroxyl groups excluding tert-OH is 1. The molecule has 0 spiro atoms. The average molecular weight is 499 g/mol. The molecular formula is C29H26N2O4S. The summed E-state index contributed by atoms with van der Waals surface area (Å²) in [7, 11) is 1.56. The number of benzene rings is 3. The number of fused-ring (bicyclic) bond motifs is 1. The van der Waals surface area contributed by atoms with Gasteiger partial charge in [0, 0.05) is 5.56 Å². The molecule has 1 fully saturated rings. The number of hydrogen-bond donors (Lipinski definition) is 1. The van der Waals surface area contributed by atoms with Gasteiger partial charge in [-0.2, -0.15) is 0 Å². The van der Waals surface area contributed by atoms with Crippen molar-refractivity contribution in [3.05, 3.63) is 94.6 Å². The number of rotatable bonds is 5. The summed E-state index contributed by atoms with van der Waals surface area (Å²) >= 11 is 1.36. The van der Waals surface area contributed by atoms with Crippen molar-refractivity contribution in [3.8, 4) is 5.75 Å². The third kappa shape index (κ3) is 4.05. The minimum absolute atomic E-state index is 0.0397. The van der Waals surface area contributed by atoms with Crippen LogP contribution >= 0.6 is 11.3 Å². The molecule has 36 heavy (non-hydrogen) atoms. The summed E-state index contributed by atoms with van der Waals surface area (Å²) in [6.07, 6.45) is 0. The van der Waals surface area contributed by atoms with Crippen LogP contribution in [0.5, 0.6) is 5.75 Å². The minimum atomic E-state index is -0.810. The maximum atomic E-state index is 13.4. The number of aliphatic hydroxyl groups is 1. The van der Waals surface area contributed by atoms with E-state index in [1.165, 1.54) is 16.2 Å². The smallest absolute Gasteiger partial charge is 0.301 e. The predicted molar refractivity (Wildman–Crippen MR) is 143 cm³/mol. The number of thiazole rings is 1. The van der Waals surface area contributed by atoms with Crippen LogP contribution in [0.3, 0.4) is 0 Å². The first-order chi connectivity index (χ1) is 17.3. The lowest BCUT2D eigenvalue weighted by Crippen LogP contribution is -2.29. The van der Waals surface area contributed by atoms with Crippen molar-refractivity contribution < 1.29 is 19.4 Å². The highest BCUT2D eigenvalue weighted by Crippen LogP contribution is 2.44. The van der Waals surface area contributed by atoms with Gasteiger partial charge in [0.05, 0.1) is 28.9 Å². The molecule has 2 heterocycles. The molecule has 0 bridgehead atoms. The van der Waals surface area contributed by atoms with E-state index in [0.29, 0.717) is 22.4 Å². The summed E-state index contributed by atoms with van der Waals surface area (Å²) in [5, 5.41) is 11.7. The zero-order valence-corrected chi connectivity index (χ0v) is 21.3. The van der Waals surface area contributed by atoms with Crippen molar-refractivity contribution in [1.82, 2.24) is 4.98 Å². The van der Waals surface area contributed by atoms with Crippen LogP contribution in [0.25, 0.3) is 16.0 Å². The number of methoxy groups -OCH3 is 1. The largest absolute Gasteiger partial charge is 0.507 e. The fourth-order valence-corrected chi connectivity index (χ4v) is 5.53. The Bertz CT molecular complexity index is 1500. The summed E-state index contributed by atoms with van der Waals surface area (Å²) in [4.78, 5) is 32.9. The van der Waals surface area contributed by atoms with Gasteiger partial charge in [0.1, 0.15) is 11.5 Å². The van der Waals surface area contributed by atoms with Gasteiger partial charge in [0.2, 0.25) is 0 Å². The molecule has 1 atom stereocenters. The van der Waals surface area contributed by atoms with E-state index in [9.17, 15) is 14.7 Å². The number of Topliss-reactive ketones (excluding diaryl/α,β-unsaturated/α-hetero) is 1. The molecule has 1 aliphatic rings. The van der Waals surface area contributed by atoms with Gasteiger partial charge in [-0.25, -0.2) is 4.98 Å². The van der Waals surface area contributed by atoms with Gasteiger partial charge in [-0.1, -0.05) is 55.5 Å². The van der Waals surface area contributed by atoms with E-state index in [-0.39, 0.29) is 11.3 Å². The van der Waals surface area contributed by atoms with Gasteiger partial charge in [0.15, 0.2) is 5.13 Å². The lowest BCUT2D eigenvalue weighted by Gasteiger charge is -2.23. The molecule has 7 heteroatoms. The topological polar surface area (TPSA) is 79.7 Å². The Hall–Kier alpha value is -3.97. The lowest BCUT2D eigenvalue weighted by atomic mass is 9.93. The van der Waals surface area contributed by atoms with Crippen molar-refractivity contribution in [2.45, 2.75) is 32.7 Å². The molecule has 0 unspecified atom stereocenters. The van der Waals surface area contributed by atoms with Crippen LogP contribution < -0.4 is 9.64 Å². The zero-order valence-electron chi connectivity index (χ0n) is 20.5. The highest BCUT2D eigenvalue weighted by atomic mass is 32.1. The molecule has 0 saturated carbocycles. The number of anilines is 1. The van der Waals surface area contributed by atoms with Gasteiger partial charge in [-0.05, 0) is 65.9 Å². The van der Waals surface area contributed by atoms with Crippen molar-refractivity contribution in [2.24, 2.45) is 0 Å². The molecule has 1 aromatic heterocycles. The number of nitrogens with zero attached hydrogens (tertiary/aromatic N) is 2. The second-order valence-corrected chi connectivity index (χ2v) is 10.2. The summed E-state index contributed by atoms with van der Waals surface area (Å²) < 4.78 is 6.14. The monoisotopic (exact) mass is 498 g/mol. The van der Waals surface area contributed by atoms with Crippen LogP contribution in [0.2, 0.25) is 0 Å². The summed E-state index contributed by atoms with van der Waals surface area (Å²) in [6, 6.07) is 19.6. The number of aromatic nitrogens is 1. The first-order valence-electron chi connectivity index (χ1n) is 11.7. The van der Waals surface area contributed by atoms with Crippen LogP contribution in [0.1, 0.15) is 48.1 Å². The number of hydrogen-bond acceptors (Lipinski definition) is 6. The summed E-state index contributed by atoms with van der Waals surface area (Å²) in [5.41, 5.74) is 4.17. The molecule has 1 amide bonds. The molecular weight excluding hydrogens is 472 g/mol. The number of ketones is 1. The van der Waals surface area contributed by atoms with E-state index >= 15 is 0 Å². The maximum Gasteiger partial charge on any atom is 0.301 e. The van der Waals surface area contributed by atoms with Crippen molar-refractivity contribution in [3.63, 3.8) is 0 Å². The number of amides is 1. The Morgan fingerprint density at radius 2 is 1.72 bits per heavy atom. The first kappa shape index (κ1) is 23.8.